The van der Waals surface area contributed by atoms with Gasteiger partial charge in [0.1, 0.15) is 5.54 Å². The molecular formula is C18H27N3O3. The molecule has 1 aliphatic heterocycles. The average Bonchev–Trinajstić information content (AvgIpc) is 2.85. The van der Waals surface area contributed by atoms with Gasteiger partial charge in [-0.15, -0.1) is 0 Å². The highest BCUT2D eigenvalue weighted by Crippen LogP contribution is 2.31. The Morgan fingerprint density at radius 3 is 2.96 bits per heavy atom. The number of ether oxygens (including phenoxy) is 1. The van der Waals surface area contributed by atoms with E-state index < -0.39 is 5.54 Å². The maximum absolute atomic E-state index is 12.6. The second kappa shape index (κ2) is 8.24. The first-order chi connectivity index (χ1) is 11.4. The van der Waals surface area contributed by atoms with Crippen molar-refractivity contribution >= 4 is 11.8 Å². The molecule has 1 aliphatic rings. The lowest BCUT2D eigenvalue weighted by atomic mass is 9.97. The first-order valence-corrected chi connectivity index (χ1v) is 8.53. The number of pyridine rings is 1. The van der Waals surface area contributed by atoms with Crippen molar-refractivity contribution in [2.45, 2.75) is 58.2 Å². The molecule has 2 amide bonds. The summed E-state index contributed by atoms with van der Waals surface area (Å²) in [5.74, 6) is -0.0820. The number of rotatable bonds is 8. The van der Waals surface area contributed by atoms with Crippen LogP contribution in [0.3, 0.4) is 0 Å². The Hall–Kier alpha value is -1.95. The van der Waals surface area contributed by atoms with Crippen molar-refractivity contribution in [1.29, 1.82) is 0 Å². The quantitative estimate of drug-likeness (QED) is 0.738. The third kappa shape index (κ3) is 4.54. The molecule has 0 aliphatic carbocycles. The zero-order chi connectivity index (χ0) is 17.6. The number of nitrogens with one attached hydrogen (secondary N) is 1. The Bertz CT molecular complexity index is 562. The molecule has 1 aromatic rings. The van der Waals surface area contributed by atoms with Crippen LogP contribution >= 0.6 is 0 Å². The van der Waals surface area contributed by atoms with Crippen LogP contribution in [-0.2, 0) is 20.9 Å². The van der Waals surface area contributed by atoms with Crippen LogP contribution in [0.25, 0.3) is 0 Å². The van der Waals surface area contributed by atoms with Crippen molar-refractivity contribution in [3.8, 4) is 0 Å². The number of carbonyl (C=O) groups is 2. The molecule has 132 valence electrons. The van der Waals surface area contributed by atoms with Crippen LogP contribution in [0, 0.1) is 0 Å². The summed E-state index contributed by atoms with van der Waals surface area (Å²) >= 11 is 0. The van der Waals surface area contributed by atoms with Crippen LogP contribution in [0.4, 0.5) is 0 Å². The lowest BCUT2D eigenvalue weighted by Crippen LogP contribution is -2.54. The summed E-state index contributed by atoms with van der Waals surface area (Å²) in [5, 5.41) is 2.95. The molecule has 6 heteroatoms. The summed E-state index contributed by atoms with van der Waals surface area (Å²) in [6.45, 7) is 7.39. The monoisotopic (exact) mass is 333 g/mol. The predicted molar refractivity (Wildman–Crippen MR) is 91.1 cm³/mol. The van der Waals surface area contributed by atoms with E-state index in [2.05, 4.69) is 10.3 Å². The summed E-state index contributed by atoms with van der Waals surface area (Å²) in [5.41, 5.74) is 0.128. The third-order valence-electron chi connectivity index (χ3n) is 4.33. The zero-order valence-electron chi connectivity index (χ0n) is 14.7. The molecule has 24 heavy (non-hydrogen) atoms. The molecule has 0 spiro atoms. The molecule has 1 atom stereocenters. The van der Waals surface area contributed by atoms with Crippen molar-refractivity contribution in [2.75, 3.05) is 13.2 Å². The summed E-state index contributed by atoms with van der Waals surface area (Å²) in [7, 11) is 0. The van der Waals surface area contributed by atoms with Gasteiger partial charge in [-0.3, -0.25) is 14.6 Å². The molecule has 0 aromatic carbocycles. The van der Waals surface area contributed by atoms with Gasteiger partial charge in [0, 0.05) is 38.5 Å². The van der Waals surface area contributed by atoms with Crippen molar-refractivity contribution in [1.82, 2.24) is 15.2 Å². The van der Waals surface area contributed by atoms with Gasteiger partial charge >= 0.3 is 0 Å². The smallest absolute Gasteiger partial charge is 0.245 e. The zero-order valence-corrected chi connectivity index (χ0v) is 14.7. The largest absolute Gasteiger partial charge is 0.379 e. The van der Waals surface area contributed by atoms with Gasteiger partial charge in [0.05, 0.1) is 6.10 Å². The number of likely N-dealkylation sites (tertiary alicyclic amines) is 1. The molecule has 1 N–H and O–H groups in total. The Labute approximate surface area is 143 Å². The number of amides is 2. The first kappa shape index (κ1) is 18.4. The van der Waals surface area contributed by atoms with E-state index in [-0.39, 0.29) is 17.9 Å². The normalized spacial score (nSPS) is 20.7. The standard InChI is InChI=1S/C18H27N3O3/c1-14(2)24-11-5-10-20-17(23)18(3)8-7-16(22)21(18)13-15-6-4-9-19-12-15/h4,6,9,12,14H,5,7-8,10-11,13H2,1-3H3,(H,20,23)/t18-/m0/s1. The lowest BCUT2D eigenvalue weighted by molar-refractivity contribution is -0.141. The van der Waals surface area contributed by atoms with Gasteiger partial charge in [-0.05, 0) is 45.2 Å². The van der Waals surface area contributed by atoms with Crippen LogP contribution in [0.2, 0.25) is 0 Å². The molecule has 2 rings (SSSR count). The van der Waals surface area contributed by atoms with Gasteiger partial charge in [-0.2, -0.15) is 0 Å². The molecular weight excluding hydrogens is 306 g/mol. The second-order valence-electron chi connectivity index (χ2n) is 6.64. The van der Waals surface area contributed by atoms with Crippen LogP contribution in [0.5, 0.6) is 0 Å². The lowest BCUT2D eigenvalue weighted by Gasteiger charge is -2.34. The van der Waals surface area contributed by atoms with E-state index in [1.54, 1.807) is 17.3 Å². The number of nitrogens with zero attached hydrogens (tertiary/aromatic N) is 2. The molecule has 0 radical (unpaired) electrons. The maximum Gasteiger partial charge on any atom is 0.245 e. The highest BCUT2D eigenvalue weighted by atomic mass is 16.5. The number of aromatic nitrogens is 1. The first-order valence-electron chi connectivity index (χ1n) is 8.53. The summed E-state index contributed by atoms with van der Waals surface area (Å²) in [6, 6.07) is 3.75. The van der Waals surface area contributed by atoms with E-state index >= 15 is 0 Å². The highest BCUT2D eigenvalue weighted by Gasteiger charge is 2.46. The van der Waals surface area contributed by atoms with E-state index in [1.807, 2.05) is 32.9 Å². The number of carbonyl (C=O) groups excluding carboxylic acids is 2. The topological polar surface area (TPSA) is 71.5 Å². The van der Waals surface area contributed by atoms with Crippen molar-refractivity contribution in [3.05, 3.63) is 30.1 Å². The summed E-state index contributed by atoms with van der Waals surface area (Å²) in [6.07, 6.45) is 5.33. The Balaban J connectivity index is 1.92. The van der Waals surface area contributed by atoms with Gasteiger partial charge in [0.2, 0.25) is 11.8 Å². The van der Waals surface area contributed by atoms with E-state index in [0.717, 1.165) is 12.0 Å². The minimum atomic E-state index is -0.800. The summed E-state index contributed by atoms with van der Waals surface area (Å²) in [4.78, 5) is 30.7. The number of hydrogen-bond acceptors (Lipinski definition) is 4. The van der Waals surface area contributed by atoms with Crippen molar-refractivity contribution < 1.29 is 14.3 Å². The van der Waals surface area contributed by atoms with E-state index in [0.29, 0.717) is 32.5 Å². The third-order valence-corrected chi connectivity index (χ3v) is 4.33. The second-order valence-corrected chi connectivity index (χ2v) is 6.64. The fraction of sp³-hybridized carbons (Fsp3) is 0.611. The Kier molecular flexibility index (Phi) is 6.31. The van der Waals surface area contributed by atoms with E-state index in [1.165, 1.54) is 0 Å². The minimum absolute atomic E-state index is 0.0136. The molecule has 0 bridgehead atoms. The molecule has 1 saturated heterocycles. The fourth-order valence-electron chi connectivity index (χ4n) is 2.85. The fourth-order valence-corrected chi connectivity index (χ4v) is 2.85. The van der Waals surface area contributed by atoms with E-state index in [4.69, 9.17) is 4.74 Å². The van der Waals surface area contributed by atoms with E-state index in [9.17, 15) is 9.59 Å². The van der Waals surface area contributed by atoms with Crippen LogP contribution in [-0.4, -0.2) is 46.5 Å². The Morgan fingerprint density at radius 1 is 1.50 bits per heavy atom. The van der Waals surface area contributed by atoms with Gasteiger partial charge in [-0.1, -0.05) is 6.07 Å². The molecule has 1 aromatic heterocycles. The predicted octanol–water partition coefficient (Wildman–Crippen LogP) is 1.89. The van der Waals surface area contributed by atoms with Crippen molar-refractivity contribution in [3.63, 3.8) is 0 Å². The highest BCUT2D eigenvalue weighted by molar-refractivity contribution is 5.94. The van der Waals surface area contributed by atoms with Gasteiger partial charge in [0.15, 0.2) is 0 Å². The summed E-state index contributed by atoms with van der Waals surface area (Å²) < 4.78 is 5.47. The van der Waals surface area contributed by atoms with Crippen molar-refractivity contribution in [2.24, 2.45) is 0 Å². The molecule has 6 nitrogen and oxygen atoms in total. The van der Waals surface area contributed by atoms with Gasteiger partial charge < -0.3 is 15.0 Å². The molecule has 1 fully saturated rings. The maximum atomic E-state index is 12.6. The Morgan fingerprint density at radius 2 is 2.29 bits per heavy atom. The van der Waals surface area contributed by atoms with Crippen LogP contribution in [0.15, 0.2) is 24.5 Å². The van der Waals surface area contributed by atoms with Crippen LogP contribution < -0.4 is 5.32 Å². The van der Waals surface area contributed by atoms with Gasteiger partial charge in [-0.25, -0.2) is 0 Å². The molecule has 2 heterocycles. The van der Waals surface area contributed by atoms with Crippen LogP contribution in [0.1, 0.15) is 45.6 Å². The number of hydrogen-bond donors (Lipinski definition) is 1. The average molecular weight is 333 g/mol. The molecule has 0 saturated carbocycles. The minimum Gasteiger partial charge on any atom is -0.379 e. The SMILES string of the molecule is CC(C)OCCCNC(=O)[C@]1(C)CCC(=O)N1Cc1cccnc1. The van der Waals surface area contributed by atoms with Gasteiger partial charge in [0.25, 0.3) is 0 Å². The molecule has 0 unspecified atom stereocenters.